The second-order valence-electron chi connectivity index (χ2n) is 7.94. The van der Waals surface area contributed by atoms with Crippen LogP contribution in [0.25, 0.3) is 0 Å². The lowest BCUT2D eigenvalue weighted by molar-refractivity contribution is 0.417. The van der Waals surface area contributed by atoms with Crippen LogP contribution in [0, 0.1) is 0 Å². The smallest absolute Gasteiger partial charge is 0.147 e. The molecule has 0 N–H and O–H groups in total. The minimum Gasteiger partial charge on any atom is -0.496 e. The molecular formula is C28H28O4P2. The molecule has 174 valence electrons. The fourth-order valence-corrected chi connectivity index (χ4v) is 11.1. The van der Waals surface area contributed by atoms with Crippen LogP contribution in [-0.2, 0) is 9.13 Å². The summed E-state index contributed by atoms with van der Waals surface area (Å²) >= 11 is 0. The Kier molecular flexibility index (Phi) is 7.41. The molecule has 0 spiro atoms. The van der Waals surface area contributed by atoms with Crippen LogP contribution >= 0.6 is 14.3 Å². The van der Waals surface area contributed by atoms with Crippen molar-refractivity contribution in [1.82, 2.24) is 0 Å². The van der Waals surface area contributed by atoms with Gasteiger partial charge in [-0.15, -0.1) is 0 Å². The molecule has 0 saturated heterocycles. The topological polar surface area (TPSA) is 52.6 Å². The number of ether oxygens (including phenoxy) is 2. The van der Waals surface area contributed by atoms with Crippen LogP contribution in [0.4, 0.5) is 0 Å². The van der Waals surface area contributed by atoms with Crippen molar-refractivity contribution in [2.24, 2.45) is 0 Å². The van der Waals surface area contributed by atoms with E-state index >= 15 is 0 Å². The molecule has 0 aliphatic carbocycles. The summed E-state index contributed by atoms with van der Waals surface area (Å²) < 4.78 is 40.8. The van der Waals surface area contributed by atoms with E-state index in [4.69, 9.17) is 9.47 Å². The molecule has 0 aliphatic rings. The van der Waals surface area contributed by atoms with E-state index in [1.54, 1.807) is 14.2 Å². The minimum atomic E-state index is -3.18. The van der Waals surface area contributed by atoms with Gasteiger partial charge in [-0.2, -0.15) is 0 Å². The predicted molar refractivity (Wildman–Crippen MR) is 142 cm³/mol. The molecule has 0 amide bonds. The van der Waals surface area contributed by atoms with Crippen molar-refractivity contribution in [1.29, 1.82) is 0 Å². The van der Waals surface area contributed by atoms with Gasteiger partial charge in [0.2, 0.25) is 0 Å². The first kappa shape index (κ1) is 24.1. The third kappa shape index (κ3) is 4.62. The van der Waals surface area contributed by atoms with Crippen molar-refractivity contribution in [3.63, 3.8) is 0 Å². The van der Waals surface area contributed by atoms with Gasteiger partial charge in [-0.05, 0) is 24.3 Å². The Labute approximate surface area is 201 Å². The summed E-state index contributed by atoms with van der Waals surface area (Å²) in [6, 6.07) is 33.7. The summed E-state index contributed by atoms with van der Waals surface area (Å²) in [6.07, 6.45) is 0.448. The molecule has 0 unspecified atom stereocenters. The molecular weight excluding hydrogens is 462 g/mol. The van der Waals surface area contributed by atoms with Crippen molar-refractivity contribution in [3.8, 4) is 11.5 Å². The largest absolute Gasteiger partial charge is 0.496 e. The van der Waals surface area contributed by atoms with Gasteiger partial charge >= 0.3 is 0 Å². The molecule has 0 aromatic heterocycles. The van der Waals surface area contributed by atoms with E-state index in [-0.39, 0.29) is 12.3 Å². The molecule has 4 nitrogen and oxygen atoms in total. The molecule has 0 saturated carbocycles. The van der Waals surface area contributed by atoms with Crippen LogP contribution in [0.5, 0.6) is 11.5 Å². The lowest BCUT2D eigenvalue weighted by Crippen LogP contribution is -2.26. The second kappa shape index (κ2) is 10.5. The molecule has 0 fully saturated rings. The van der Waals surface area contributed by atoms with Crippen LogP contribution in [0.15, 0.2) is 109 Å². The molecule has 0 radical (unpaired) electrons. The number of benzene rings is 4. The number of rotatable bonds is 9. The Hall–Kier alpha value is -3.06. The average Bonchev–Trinajstić information content (AvgIpc) is 2.92. The third-order valence-electron chi connectivity index (χ3n) is 6.02. The highest BCUT2D eigenvalue weighted by Crippen LogP contribution is 2.53. The van der Waals surface area contributed by atoms with Crippen molar-refractivity contribution >= 4 is 35.5 Å². The van der Waals surface area contributed by atoms with Gasteiger partial charge in [-0.25, -0.2) is 0 Å². The van der Waals surface area contributed by atoms with E-state index in [1.165, 1.54) is 0 Å². The van der Waals surface area contributed by atoms with Crippen LogP contribution in [0.3, 0.4) is 0 Å². The zero-order chi connectivity index (χ0) is 24.0. The highest BCUT2D eigenvalue weighted by atomic mass is 31.2. The first-order valence-corrected chi connectivity index (χ1v) is 14.9. The fraction of sp³-hybridized carbons (Fsp3) is 0.143. The number of hydrogen-bond acceptors (Lipinski definition) is 4. The quantitative estimate of drug-likeness (QED) is 0.309. The molecule has 6 heteroatoms. The summed E-state index contributed by atoms with van der Waals surface area (Å²) in [7, 11) is -3.19. The number of methoxy groups -OCH3 is 2. The number of hydrogen-bond donors (Lipinski definition) is 0. The summed E-state index contributed by atoms with van der Waals surface area (Å²) in [5.41, 5.74) is 0. The van der Waals surface area contributed by atoms with Gasteiger partial charge in [-0.1, -0.05) is 84.9 Å². The van der Waals surface area contributed by atoms with Crippen molar-refractivity contribution < 1.29 is 18.6 Å². The molecule has 0 bridgehead atoms. The van der Waals surface area contributed by atoms with Crippen LogP contribution in [0.2, 0.25) is 0 Å². The van der Waals surface area contributed by atoms with Gasteiger partial charge in [0.1, 0.15) is 25.8 Å². The Bertz CT molecular complexity index is 1230. The summed E-state index contributed by atoms with van der Waals surface area (Å²) in [6.45, 7) is 0. The summed E-state index contributed by atoms with van der Waals surface area (Å²) in [5, 5.41) is 2.73. The fourth-order valence-electron chi connectivity index (χ4n) is 4.25. The molecule has 0 aliphatic heterocycles. The minimum absolute atomic E-state index is 0.224. The lowest BCUT2D eigenvalue weighted by atomic mass is 10.3. The van der Waals surface area contributed by atoms with E-state index in [9.17, 15) is 9.13 Å². The maximum absolute atomic E-state index is 14.8. The second-order valence-corrected chi connectivity index (χ2v) is 13.8. The summed E-state index contributed by atoms with van der Waals surface area (Å²) in [5.74, 6) is 1.14. The van der Waals surface area contributed by atoms with E-state index in [1.807, 2.05) is 109 Å². The average molecular weight is 490 g/mol. The maximum Gasteiger partial charge on any atom is 0.147 e. The van der Waals surface area contributed by atoms with E-state index in [0.717, 1.165) is 10.6 Å². The van der Waals surface area contributed by atoms with Crippen molar-refractivity contribution in [2.75, 3.05) is 26.5 Å². The maximum atomic E-state index is 14.8. The highest BCUT2D eigenvalue weighted by molar-refractivity contribution is 7.82. The van der Waals surface area contributed by atoms with Gasteiger partial charge in [0.15, 0.2) is 0 Å². The van der Waals surface area contributed by atoms with E-state index in [0.29, 0.717) is 22.1 Å². The first-order valence-electron chi connectivity index (χ1n) is 11.1. The molecule has 4 aromatic carbocycles. The molecule has 0 heterocycles. The molecule has 34 heavy (non-hydrogen) atoms. The normalized spacial score (nSPS) is 14.5. The lowest BCUT2D eigenvalue weighted by Gasteiger charge is -2.26. The van der Waals surface area contributed by atoms with Gasteiger partial charge in [-0.3, -0.25) is 0 Å². The summed E-state index contributed by atoms with van der Waals surface area (Å²) in [4.78, 5) is 0. The SMILES string of the molecule is COc1ccccc1[P@@](=O)(CC[P@](=O)(c1ccccc1)c1ccccc1OC)c1ccccc1. The molecule has 4 rings (SSSR count). The highest BCUT2D eigenvalue weighted by Gasteiger charge is 2.36. The predicted octanol–water partition coefficient (Wildman–Crippen LogP) is 5.03. The Morgan fingerprint density at radius 1 is 0.500 bits per heavy atom. The zero-order valence-corrected chi connectivity index (χ0v) is 21.1. The Morgan fingerprint density at radius 2 is 0.824 bits per heavy atom. The standard InChI is InChI=1S/C28H28O4P2/c1-31-25-17-9-11-19-27(25)33(29,23-13-5-3-6-14-23)21-22-34(30,24-15-7-4-8-16-24)28-20-12-10-18-26(28)32-2/h3-20H,21-22H2,1-2H3/t33-,34+. The zero-order valence-electron chi connectivity index (χ0n) is 19.3. The van der Waals surface area contributed by atoms with Crippen LogP contribution in [-0.4, -0.2) is 26.5 Å². The van der Waals surface area contributed by atoms with Gasteiger partial charge in [0.05, 0.1) is 24.8 Å². The van der Waals surface area contributed by atoms with E-state index < -0.39 is 14.3 Å². The molecule has 4 aromatic rings. The molecule has 2 atom stereocenters. The van der Waals surface area contributed by atoms with Crippen molar-refractivity contribution in [3.05, 3.63) is 109 Å². The van der Waals surface area contributed by atoms with Gasteiger partial charge < -0.3 is 18.6 Å². The van der Waals surface area contributed by atoms with Crippen molar-refractivity contribution in [2.45, 2.75) is 0 Å². The van der Waals surface area contributed by atoms with Gasteiger partial charge in [0.25, 0.3) is 0 Å². The Balaban J connectivity index is 1.86. The number of para-hydroxylation sites is 2. The third-order valence-corrected chi connectivity index (χ3v) is 12.6. The monoisotopic (exact) mass is 490 g/mol. The first-order chi connectivity index (χ1) is 16.5. The van der Waals surface area contributed by atoms with Crippen LogP contribution < -0.4 is 30.7 Å². The Morgan fingerprint density at radius 3 is 1.18 bits per heavy atom. The van der Waals surface area contributed by atoms with E-state index in [2.05, 4.69) is 0 Å². The van der Waals surface area contributed by atoms with Gasteiger partial charge in [0, 0.05) is 22.9 Å². The van der Waals surface area contributed by atoms with Crippen LogP contribution in [0.1, 0.15) is 0 Å².